The maximum Gasteiger partial charge on any atom is 0.325 e. The zero-order valence-corrected chi connectivity index (χ0v) is 19.9. The van der Waals surface area contributed by atoms with Crippen LogP contribution in [-0.4, -0.2) is 74.3 Å². The number of piperidine rings is 1. The number of ether oxygens (including phenoxy) is 2. The first-order chi connectivity index (χ1) is 16.6. The first-order valence-electron chi connectivity index (χ1n) is 11.7. The van der Waals surface area contributed by atoms with Crippen molar-refractivity contribution < 1.29 is 23.5 Å². The molecule has 2 aromatic rings. The Hall–Kier alpha value is -3.10. The molecule has 1 N–H and O–H groups in total. The quantitative estimate of drug-likeness (QED) is 0.541. The van der Waals surface area contributed by atoms with Gasteiger partial charge in [-0.05, 0) is 67.8 Å². The van der Waals surface area contributed by atoms with E-state index in [0.717, 1.165) is 49.5 Å². The Morgan fingerprint density at radius 2 is 2.00 bits per heavy atom. The summed E-state index contributed by atoms with van der Waals surface area (Å²) in [5.74, 6) is 1.45. The number of carbonyl (C=O) groups excluding carboxylic acids is 2. The molecule has 2 aliphatic rings. The molecule has 0 bridgehead atoms. The molecule has 0 aliphatic carbocycles. The van der Waals surface area contributed by atoms with Gasteiger partial charge in [0.1, 0.15) is 17.0 Å². The van der Waals surface area contributed by atoms with Gasteiger partial charge in [-0.2, -0.15) is 0 Å². The van der Waals surface area contributed by atoms with Crippen molar-refractivity contribution in [1.29, 1.82) is 0 Å². The summed E-state index contributed by atoms with van der Waals surface area (Å²) in [4.78, 5) is 30.2. The summed E-state index contributed by atoms with van der Waals surface area (Å²) >= 11 is 0. The van der Waals surface area contributed by atoms with Crippen LogP contribution in [0, 0.1) is 5.92 Å². The molecular formula is C26H33N3O5. The van der Waals surface area contributed by atoms with Gasteiger partial charge in [0.2, 0.25) is 0 Å². The SMILES string of the molecule is COCCN1C(=O)N[C@](Cc2cccc(OC)c2)(C2CCN(C/C=C/c3ccco3)CC2)C1=O. The van der Waals surface area contributed by atoms with Gasteiger partial charge in [-0.25, -0.2) is 4.79 Å². The van der Waals surface area contributed by atoms with Crippen molar-refractivity contribution in [3.8, 4) is 5.75 Å². The van der Waals surface area contributed by atoms with Gasteiger partial charge in [0, 0.05) is 20.1 Å². The van der Waals surface area contributed by atoms with Gasteiger partial charge in [0.15, 0.2) is 0 Å². The molecule has 3 heterocycles. The molecule has 0 radical (unpaired) electrons. The van der Waals surface area contributed by atoms with Gasteiger partial charge in [-0.15, -0.1) is 0 Å². The number of carbonyl (C=O) groups is 2. The van der Waals surface area contributed by atoms with Crippen LogP contribution >= 0.6 is 0 Å². The van der Waals surface area contributed by atoms with E-state index < -0.39 is 5.54 Å². The average Bonchev–Trinajstić information content (AvgIpc) is 3.45. The number of rotatable bonds is 10. The van der Waals surface area contributed by atoms with E-state index in [1.807, 2.05) is 42.5 Å². The van der Waals surface area contributed by atoms with Crippen molar-refractivity contribution in [3.63, 3.8) is 0 Å². The topological polar surface area (TPSA) is 84.2 Å². The van der Waals surface area contributed by atoms with Gasteiger partial charge >= 0.3 is 6.03 Å². The third-order valence-electron chi connectivity index (χ3n) is 6.81. The highest BCUT2D eigenvalue weighted by atomic mass is 16.5. The van der Waals surface area contributed by atoms with Crippen LogP contribution in [0.25, 0.3) is 6.08 Å². The summed E-state index contributed by atoms with van der Waals surface area (Å²) in [5, 5.41) is 3.10. The molecule has 34 heavy (non-hydrogen) atoms. The Labute approximate surface area is 200 Å². The van der Waals surface area contributed by atoms with Gasteiger partial charge in [0.25, 0.3) is 5.91 Å². The lowest BCUT2D eigenvalue weighted by molar-refractivity contribution is -0.134. The maximum atomic E-state index is 13.7. The van der Waals surface area contributed by atoms with Crippen LogP contribution in [-0.2, 0) is 16.0 Å². The molecule has 2 fully saturated rings. The highest BCUT2D eigenvalue weighted by molar-refractivity contribution is 6.07. The molecule has 8 nitrogen and oxygen atoms in total. The number of nitrogens with zero attached hydrogens (tertiary/aromatic N) is 2. The molecule has 0 spiro atoms. The van der Waals surface area contributed by atoms with Crippen LogP contribution in [0.5, 0.6) is 5.75 Å². The van der Waals surface area contributed by atoms with E-state index in [1.54, 1.807) is 20.5 Å². The van der Waals surface area contributed by atoms with E-state index in [2.05, 4.69) is 16.3 Å². The molecule has 8 heteroatoms. The molecule has 3 amide bonds. The third kappa shape index (κ3) is 5.18. The molecule has 1 aromatic carbocycles. The Balaban J connectivity index is 1.49. The average molecular weight is 468 g/mol. The largest absolute Gasteiger partial charge is 0.497 e. The number of urea groups is 1. The van der Waals surface area contributed by atoms with Crippen LogP contribution in [0.4, 0.5) is 4.79 Å². The highest BCUT2D eigenvalue weighted by Crippen LogP contribution is 2.37. The number of amides is 3. The first-order valence-corrected chi connectivity index (χ1v) is 11.7. The second kappa shape index (κ2) is 10.9. The molecular weight excluding hydrogens is 434 g/mol. The predicted octanol–water partition coefficient (Wildman–Crippen LogP) is 3.19. The van der Waals surface area contributed by atoms with Crippen molar-refractivity contribution >= 4 is 18.0 Å². The van der Waals surface area contributed by atoms with Crippen LogP contribution in [0.2, 0.25) is 0 Å². The number of furan rings is 1. The van der Waals surface area contributed by atoms with Gasteiger partial charge in [-0.1, -0.05) is 18.2 Å². The molecule has 2 saturated heterocycles. The van der Waals surface area contributed by atoms with Crippen LogP contribution < -0.4 is 10.1 Å². The predicted molar refractivity (Wildman–Crippen MR) is 128 cm³/mol. The Morgan fingerprint density at radius 3 is 2.71 bits per heavy atom. The van der Waals surface area contributed by atoms with Gasteiger partial charge in [0.05, 0.1) is 26.5 Å². The lowest BCUT2D eigenvalue weighted by Gasteiger charge is -2.41. The highest BCUT2D eigenvalue weighted by Gasteiger charge is 2.55. The summed E-state index contributed by atoms with van der Waals surface area (Å²) in [6.45, 7) is 3.09. The van der Waals surface area contributed by atoms with Crippen molar-refractivity contribution in [3.05, 3.63) is 60.1 Å². The van der Waals surface area contributed by atoms with Crippen molar-refractivity contribution in [2.24, 2.45) is 5.92 Å². The minimum atomic E-state index is -0.965. The molecule has 182 valence electrons. The number of methoxy groups -OCH3 is 2. The van der Waals surface area contributed by atoms with Crippen LogP contribution in [0.15, 0.2) is 53.2 Å². The summed E-state index contributed by atoms with van der Waals surface area (Å²) < 4.78 is 15.9. The number of likely N-dealkylation sites (tertiary alicyclic amines) is 1. The monoisotopic (exact) mass is 467 g/mol. The summed E-state index contributed by atoms with van der Waals surface area (Å²) in [7, 11) is 3.19. The summed E-state index contributed by atoms with van der Waals surface area (Å²) in [6, 6.07) is 11.2. The fourth-order valence-corrected chi connectivity index (χ4v) is 4.99. The number of nitrogens with one attached hydrogen (secondary N) is 1. The van der Waals surface area contributed by atoms with Gasteiger partial charge in [-0.3, -0.25) is 14.6 Å². The molecule has 1 atom stereocenters. The molecule has 0 saturated carbocycles. The smallest absolute Gasteiger partial charge is 0.325 e. The molecule has 4 rings (SSSR count). The van der Waals surface area contributed by atoms with Crippen molar-refractivity contribution in [1.82, 2.24) is 15.1 Å². The van der Waals surface area contributed by atoms with E-state index >= 15 is 0 Å². The second-order valence-corrected chi connectivity index (χ2v) is 8.87. The summed E-state index contributed by atoms with van der Waals surface area (Å²) in [5.41, 5.74) is -0.00166. The summed E-state index contributed by atoms with van der Waals surface area (Å²) in [6.07, 6.45) is 7.81. The molecule has 0 unspecified atom stereocenters. The normalized spacial score (nSPS) is 22.0. The fourth-order valence-electron chi connectivity index (χ4n) is 4.99. The first kappa shape index (κ1) is 24.0. The maximum absolute atomic E-state index is 13.7. The van der Waals surface area contributed by atoms with E-state index in [1.165, 1.54) is 4.90 Å². The van der Waals surface area contributed by atoms with Crippen molar-refractivity contribution in [2.75, 3.05) is 47.0 Å². The lowest BCUT2D eigenvalue weighted by atomic mass is 9.74. The van der Waals surface area contributed by atoms with E-state index in [9.17, 15) is 9.59 Å². The Kier molecular flexibility index (Phi) is 7.70. The van der Waals surface area contributed by atoms with E-state index in [4.69, 9.17) is 13.9 Å². The van der Waals surface area contributed by atoms with Crippen LogP contribution in [0.3, 0.4) is 0 Å². The number of imide groups is 1. The van der Waals surface area contributed by atoms with Gasteiger partial charge < -0.3 is 19.2 Å². The third-order valence-corrected chi connectivity index (χ3v) is 6.81. The number of benzene rings is 1. The zero-order valence-electron chi connectivity index (χ0n) is 19.9. The molecule has 1 aromatic heterocycles. The van der Waals surface area contributed by atoms with E-state index in [-0.39, 0.29) is 24.4 Å². The Morgan fingerprint density at radius 1 is 1.18 bits per heavy atom. The number of hydrogen-bond acceptors (Lipinski definition) is 6. The number of hydrogen-bond donors (Lipinski definition) is 1. The minimum Gasteiger partial charge on any atom is -0.497 e. The van der Waals surface area contributed by atoms with Crippen LogP contribution in [0.1, 0.15) is 24.2 Å². The minimum absolute atomic E-state index is 0.0352. The van der Waals surface area contributed by atoms with E-state index in [0.29, 0.717) is 13.0 Å². The van der Waals surface area contributed by atoms with Crippen molar-refractivity contribution in [2.45, 2.75) is 24.8 Å². The lowest BCUT2D eigenvalue weighted by Crippen LogP contribution is -2.57. The zero-order chi connectivity index (χ0) is 24.0. The molecule has 2 aliphatic heterocycles. The Bertz CT molecular complexity index is 998. The standard InChI is InChI=1S/C26H33N3O5/c1-32-17-15-29-24(30)26(27-25(29)31,19-20-6-3-7-23(18-20)33-2)21-10-13-28(14-11-21)12-4-8-22-9-5-16-34-22/h3-9,16,18,21H,10-15,17,19H2,1-2H3,(H,27,31)/b8-4+/t26-/m1/s1. The fraction of sp³-hybridized carbons (Fsp3) is 0.462. The second-order valence-electron chi connectivity index (χ2n) is 8.87.